The zero-order valence-electron chi connectivity index (χ0n) is 17.5. The van der Waals surface area contributed by atoms with Crippen molar-refractivity contribution in [3.05, 3.63) is 29.3 Å². The lowest BCUT2D eigenvalue weighted by molar-refractivity contribution is -0.884. The average Bonchev–Trinajstić information content (AvgIpc) is 2.61. The van der Waals surface area contributed by atoms with Crippen LogP contribution < -0.4 is 20.9 Å². The Labute approximate surface area is 167 Å². The van der Waals surface area contributed by atoms with Crippen LogP contribution in [0.4, 0.5) is 10.5 Å². The molecule has 0 fully saturated rings. The van der Waals surface area contributed by atoms with E-state index in [1.807, 2.05) is 45.9 Å². The van der Waals surface area contributed by atoms with Crippen LogP contribution >= 0.6 is 0 Å². The Bertz CT molecular complexity index is 676. The number of methoxy groups -OCH3 is 1. The second kappa shape index (κ2) is 12.1. The highest BCUT2D eigenvalue weighted by Gasteiger charge is 2.20. The molecule has 4 N–H and O–H groups in total. The molecule has 0 saturated carbocycles. The van der Waals surface area contributed by atoms with Crippen molar-refractivity contribution in [2.24, 2.45) is 5.92 Å². The van der Waals surface area contributed by atoms with E-state index < -0.39 is 11.9 Å². The number of carbonyl (C=O) groups is 3. The number of hydrogen-bond donors (Lipinski definition) is 4. The van der Waals surface area contributed by atoms with Gasteiger partial charge in [0.2, 0.25) is 0 Å². The van der Waals surface area contributed by atoms with Crippen LogP contribution in [0.1, 0.15) is 25.0 Å². The predicted octanol–water partition coefficient (Wildman–Crippen LogP) is 0.255. The number of urea groups is 1. The fourth-order valence-corrected chi connectivity index (χ4v) is 2.53. The number of carbonyl (C=O) groups excluding carboxylic acids is 3. The van der Waals surface area contributed by atoms with Gasteiger partial charge in [-0.1, -0.05) is 26.0 Å². The number of imide groups is 1. The third-order valence-corrected chi connectivity index (χ3v) is 4.28. The van der Waals surface area contributed by atoms with Crippen LogP contribution in [-0.2, 0) is 14.3 Å². The second-order valence-corrected chi connectivity index (χ2v) is 7.29. The number of rotatable bonds is 10. The third-order valence-electron chi connectivity index (χ3n) is 4.28. The van der Waals surface area contributed by atoms with Gasteiger partial charge in [0.05, 0.1) is 6.61 Å². The average molecular weight is 394 g/mol. The van der Waals surface area contributed by atoms with Crippen LogP contribution in [0, 0.1) is 19.8 Å². The van der Waals surface area contributed by atoms with E-state index in [0.717, 1.165) is 16.8 Å². The summed E-state index contributed by atoms with van der Waals surface area (Å²) >= 11 is 0. The molecule has 1 aromatic carbocycles. The van der Waals surface area contributed by atoms with Gasteiger partial charge in [-0.25, -0.2) is 4.79 Å². The predicted molar refractivity (Wildman–Crippen MR) is 108 cm³/mol. The molecule has 1 rings (SSSR count). The fourth-order valence-electron chi connectivity index (χ4n) is 2.53. The van der Waals surface area contributed by atoms with E-state index in [2.05, 4.69) is 16.0 Å². The van der Waals surface area contributed by atoms with Crippen LogP contribution in [-0.4, -0.2) is 57.7 Å². The lowest BCUT2D eigenvalue weighted by atomic mass is 10.1. The van der Waals surface area contributed by atoms with E-state index in [1.54, 1.807) is 7.11 Å². The van der Waals surface area contributed by atoms with E-state index in [1.165, 1.54) is 0 Å². The smallest absolute Gasteiger partial charge is 0.321 e. The Morgan fingerprint density at radius 2 is 1.79 bits per heavy atom. The molecule has 8 heteroatoms. The topological polar surface area (TPSA) is 101 Å². The van der Waals surface area contributed by atoms with Gasteiger partial charge < -0.3 is 20.3 Å². The molecule has 0 spiro atoms. The number of amides is 4. The minimum absolute atomic E-state index is 0.00131. The largest absolute Gasteiger partial charge is 0.379 e. The minimum Gasteiger partial charge on any atom is -0.379 e. The minimum atomic E-state index is -0.523. The molecule has 1 unspecified atom stereocenters. The van der Waals surface area contributed by atoms with E-state index >= 15 is 0 Å². The lowest BCUT2D eigenvalue weighted by Gasteiger charge is -2.19. The van der Waals surface area contributed by atoms with Crippen LogP contribution in [0.3, 0.4) is 0 Å². The van der Waals surface area contributed by atoms with Crippen LogP contribution in [0.5, 0.6) is 0 Å². The monoisotopic (exact) mass is 393 g/mol. The molecule has 1 atom stereocenters. The Morgan fingerprint density at radius 3 is 2.43 bits per heavy atom. The summed E-state index contributed by atoms with van der Waals surface area (Å²) in [7, 11) is 1.56. The van der Waals surface area contributed by atoms with E-state index in [0.29, 0.717) is 30.5 Å². The van der Waals surface area contributed by atoms with Crippen molar-refractivity contribution in [1.82, 2.24) is 10.6 Å². The van der Waals surface area contributed by atoms with Gasteiger partial charge in [0.25, 0.3) is 11.8 Å². The van der Waals surface area contributed by atoms with Crippen molar-refractivity contribution in [3.8, 4) is 0 Å². The summed E-state index contributed by atoms with van der Waals surface area (Å²) in [6, 6.07) is 5.19. The summed E-state index contributed by atoms with van der Waals surface area (Å²) < 4.78 is 5.07. The molecule has 0 aromatic heterocycles. The Hall–Kier alpha value is -2.45. The molecule has 0 saturated heterocycles. The first-order valence-corrected chi connectivity index (χ1v) is 9.49. The first-order valence-electron chi connectivity index (χ1n) is 9.49. The number of quaternary nitrogens is 1. The van der Waals surface area contributed by atoms with Crippen LogP contribution in [0.15, 0.2) is 18.2 Å². The summed E-state index contributed by atoms with van der Waals surface area (Å²) in [5, 5.41) is 7.82. The highest BCUT2D eigenvalue weighted by Crippen LogP contribution is 2.17. The highest BCUT2D eigenvalue weighted by atomic mass is 16.5. The van der Waals surface area contributed by atoms with Gasteiger partial charge in [-0.3, -0.25) is 14.9 Å². The molecular formula is C20H33N4O4+. The normalized spacial score (nSPS) is 11.8. The summed E-state index contributed by atoms with van der Waals surface area (Å²) in [6.45, 7) is 9.31. The maximum Gasteiger partial charge on any atom is 0.321 e. The zero-order chi connectivity index (χ0) is 21.1. The van der Waals surface area contributed by atoms with Gasteiger partial charge in [0.15, 0.2) is 13.1 Å². The van der Waals surface area contributed by atoms with E-state index in [9.17, 15) is 14.4 Å². The molecule has 0 aliphatic carbocycles. The van der Waals surface area contributed by atoms with Gasteiger partial charge in [-0.2, -0.15) is 0 Å². The van der Waals surface area contributed by atoms with Gasteiger partial charge >= 0.3 is 6.03 Å². The maximum absolute atomic E-state index is 12.4. The van der Waals surface area contributed by atoms with Crippen molar-refractivity contribution < 1.29 is 24.0 Å². The van der Waals surface area contributed by atoms with Gasteiger partial charge in [-0.05, 0) is 37.0 Å². The Balaban J connectivity index is 2.61. The molecule has 0 bridgehead atoms. The third kappa shape index (κ3) is 8.96. The van der Waals surface area contributed by atoms with Crippen molar-refractivity contribution in [3.63, 3.8) is 0 Å². The lowest BCUT2D eigenvalue weighted by Crippen LogP contribution is -3.14. The molecule has 28 heavy (non-hydrogen) atoms. The quantitative estimate of drug-likeness (QED) is 0.458. The van der Waals surface area contributed by atoms with Gasteiger partial charge in [0, 0.05) is 19.3 Å². The molecule has 4 amide bonds. The Kier molecular flexibility index (Phi) is 10.2. The molecule has 0 aliphatic rings. The van der Waals surface area contributed by atoms with E-state index in [-0.39, 0.29) is 19.0 Å². The Morgan fingerprint density at radius 1 is 1.11 bits per heavy atom. The molecule has 156 valence electrons. The number of hydrogen-bond acceptors (Lipinski definition) is 4. The number of ether oxygens (including phenoxy) is 1. The number of benzene rings is 1. The van der Waals surface area contributed by atoms with Crippen molar-refractivity contribution in [2.45, 2.75) is 27.7 Å². The molecule has 8 nitrogen and oxygen atoms in total. The fraction of sp³-hybridized carbons (Fsp3) is 0.550. The van der Waals surface area contributed by atoms with Crippen LogP contribution in [0.25, 0.3) is 0 Å². The van der Waals surface area contributed by atoms with Gasteiger partial charge in [-0.15, -0.1) is 0 Å². The van der Waals surface area contributed by atoms with Gasteiger partial charge in [0.1, 0.15) is 6.54 Å². The summed E-state index contributed by atoms with van der Waals surface area (Å²) in [5.74, 6) is -0.345. The standard InChI is InChI=1S/C20H32N4O4/c1-14(2)11-21-20(27)23-19(26)13-24(9-10-28-5)12-18(25)22-17-8-6-7-15(3)16(17)4/h6-8,14H,9-13H2,1-5H3,(H,22,25)(H2,21,23,26,27)/p+1. The zero-order valence-corrected chi connectivity index (χ0v) is 17.5. The molecular weight excluding hydrogens is 360 g/mol. The molecule has 1 aromatic rings. The molecule has 0 aliphatic heterocycles. The summed E-state index contributed by atoms with van der Waals surface area (Å²) in [6.07, 6.45) is 0. The number of anilines is 1. The highest BCUT2D eigenvalue weighted by molar-refractivity contribution is 5.95. The maximum atomic E-state index is 12.4. The SMILES string of the molecule is COCC[NH+](CC(=O)NC(=O)NCC(C)C)CC(=O)Nc1cccc(C)c1C. The summed E-state index contributed by atoms with van der Waals surface area (Å²) in [4.78, 5) is 37.0. The first kappa shape index (κ1) is 23.6. The summed E-state index contributed by atoms with van der Waals surface area (Å²) in [5.41, 5.74) is 2.86. The first-order chi connectivity index (χ1) is 13.2. The van der Waals surface area contributed by atoms with E-state index in [4.69, 9.17) is 4.74 Å². The second-order valence-electron chi connectivity index (χ2n) is 7.29. The van der Waals surface area contributed by atoms with Crippen molar-refractivity contribution >= 4 is 23.5 Å². The number of nitrogens with one attached hydrogen (secondary N) is 4. The molecule has 0 heterocycles. The van der Waals surface area contributed by atoms with Crippen molar-refractivity contribution in [2.75, 3.05) is 45.2 Å². The van der Waals surface area contributed by atoms with Crippen LogP contribution in [0.2, 0.25) is 0 Å². The molecule has 0 radical (unpaired) electrons. The van der Waals surface area contributed by atoms with Crippen molar-refractivity contribution in [1.29, 1.82) is 0 Å². The number of aryl methyl sites for hydroxylation is 1.